The normalized spacial score (nSPS) is 16.2. The lowest BCUT2D eigenvalue weighted by atomic mass is 9.98. The summed E-state index contributed by atoms with van der Waals surface area (Å²) in [5.41, 5.74) is 5.03. The number of hydrogen-bond acceptors (Lipinski definition) is 8. The fourth-order valence-electron chi connectivity index (χ4n) is 5.72. The van der Waals surface area contributed by atoms with E-state index < -0.39 is 19.0 Å². The molecule has 3 aromatic rings. The van der Waals surface area contributed by atoms with Gasteiger partial charge in [0.05, 0.1) is 14.2 Å². The molecule has 0 fully saturated rings. The minimum Gasteiger partial charge on any atom is -0.493 e. The maximum atomic E-state index is 9.63. The molecular weight excluding hydrogens is 550 g/mol. The molecule has 0 spiro atoms. The third kappa shape index (κ3) is 7.17. The predicted molar refractivity (Wildman–Crippen MR) is 166 cm³/mol. The van der Waals surface area contributed by atoms with Crippen molar-refractivity contribution in [3.8, 4) is 23.0 Å². The van der Waals surface area contributed by atoms with Gasteiger partial charge in [0.1, 0.15) is 13.2 Å². The van der Waals surface area contributed by atoms with Crippen LogP contribution in [0.5, 0.6) is 23.0 Å². The van der Waals surface area contributed by atoms with Gasteiger partial charge >= 0.3 is 0 Å². The van der Waals surface area contributed by atoms with Crippen molar-refractivity contribution in [2.24, 2.45) is 0 Å². The minimum atomic E-state index is -1.37. The lowest BCUT2D eigenvalue weighted by Gasteiger charge is -2.29. The maximum Gasteiger partial charge on any atom is 0.297 e. The molecule has 7 nitrogen and oxygen atoms in total. The molecule has 0 aromatic heterocycles. The van der Waals surface area contributed by atoms with Crippen molar-refractivity contribution in [2.45, 2.75) is 67.9 Å². The molecule has 226 valence electrons. The van der Waals surface area contributed by atoms with Crippen molar-refractivity contribution in [1.82, 2.24) is 4.90 Å². The standard InChI is InChI=1S/C34H43NO6S/c1-24-9-12-28(13-10-24)42-33(26-11-14-29(38-2)30(19-26)39-3)8-6-4-5-7-16-35-17-15-25-18-31-32(20-27(25)21-35)41-34(22-36,23-37)40-31/h9-14,18-20,33,36-37H,4-8,15-17,21-23H2,1-3H3. The Kier molecular flexibility index (Phi) is 10.2. The average molecular weight is 594 g/mol. The van der Waals surface area contributed by atoms with Crippen LogP contribution in [0.2, 0.25) is 0 Å². The number of unbranched alkanes of at least 4 members (excludes halogenated alkanes) is 3. The molecule has 2 aliphatic rings. The predicted octanol–water partition coefficient (Wildman–Crippen LogP) is 6.31. The fourth-order valence-corrected chi connectivity index (χ4v) is 6.91. The Morgan fingerprint density at radius 3 is 2.24 bits per heavy atom. The van der Waals surface area contributed by atoms with Gasteiger partial charge in [-0.15, -0.1) is 11.8 Å². The highest BCUT2D eigenvalue weighted by Gasteiger charge is 2.41. The van der Waals surface area contributed by atoms with Gasteiger partial charge in [-0.25, -0.2) is 0 Å². The molecule has 1 unspecified atom stereocenters. The highest BCUT2D eigenvalue weighted by atomic mass is 32.2. The zero-order valence-electron chi connectivity index (χ0n) is 24.9. The van der Waals surface area contributed by atoms with Gasteiger partial charge in [0.2, 0.25) is 0 Å². The van der Waals surface area contributed by atoms with Crippen molar-refractivity contribution in [1.29, 1.82) is 0 Å². The zero-order valence-corrected chi connectivity index (χ0v) is 25.8. The van der Waals surface area contributed by atoms with E-state index >= 15 is 0 Å². The number of ether oxygens (including phenoxy) is 4. The number of aryl methyl sites for hydroxylation is 1. The van der Waals surface area contributed by atoms with Crippen molar-refractivity contribution in [2.75, 3.05) is 40.5 Å². The van der Waals surface area contributed by atoms with E-state index in [9.17, 15) is 10.2 Å². The largest absolute Gasteiger partial charge is 0.493 e. The van der Waals surface area contributed by atoms with Gasteiger partial charge in [-0.1, -0.05) is 43.0 Å². The van der Waals surface area contributed by atoms with Crippen molar-refractivity contribution >= 4 is 11.8 Å². The summed E-state index contributed by atoms with van der Waals surface area (Å²) >= 11 is 1.92. The smallest absolute Gasteiger partial charge is 0.297 e. The van der Waals surface area contributed by atoms with Crippen LogP contribution >= 0.6 is 11.8 Å². The van der Waals surface area contributed by atoms with Crippen LogP contribution in [0.15, 0.2) is 59.5 Å². The summed E-state index contributed by atoms with van der Waals surface area (Å²) < 4.78 is 22.6. The van der Waals surface area contributed by atoms with Gasteiger partial charge in [0.15, 0.2) is 23.0 Å². The number of benzene rings is 3. The molecule has 0 saturated heterocycles. The van der Waals surface area contributed by atoms with E-state index in [0.29, 0.717) is 16.7 Å². The van der Waals surface area contributed by atoms with Crippen LogP contribution in [-0.2, 0) is 13.0 Å². The van der Waals surface area contributed by atoms with Gasteiger partial charge in [-0.3, -0.25) is 4.90 Å². The van der Waals surface area contributed by atoms with Crippen LogP contribution in [0.3, 0.4) is 0 Å². The van der Waals surface area contributed by atoms with Gasteiger partial charge in [0, 0.05) is 23.2 Å². The number of methoxy groups -OCH3 is 2. The number of rotatable bonds is 14. The minimum absolute atomic E-state index is 0.342. The number of nitrogens with zero attached hydrogens (tertiary/aromatic N) is 1. The summed E-state index contributed by atoms with van der Waals surface area (Å²) in [6, 6.07) is 19.1. The number of aliphatic hydroxyl groups excluding tert-OH is 2. The van der Waals surface area contributed by atoms with Gasteiger partial charge in [-0.2, -0.15) is 0 Å². The third-order valence-electron chi connectivity index (χ3n) is 8.20. The molecule has 0 saturated carbocycles. The Hall–Kier alpha value is -2.91. The van der Waals surface area contributed by atoms with Gasteiger partial charge < -0.3 is 29.2 Å². The van der Waals surface area contributed by atoms with Crippen LogP contribution in [-0.4, -0.2) is 61.4 Å². The maximum absolute atomic E-state index is 9.63. The number of fused-ring (bicyclic) bond motifs is 2. The Labute approximate surface area is 253 Å². The van der Waals surface area contributed by atoms with Crippen LogP contribution in [0.25, 0.3) is 0 Å². The first-order valence-electron chi connectivity index (χ1n) is 14.9. The summed E-state index contributed by atoms with van der Waals surface area (Å²) in [5.74, 6) is 1.37. The van der Waals surface area contributed by atoms with E-state index in [1.165, 1.54) is 52.8 Å². The summed E-state index contributed by atoms with van der Waals surface area (Å²) in [6.07, 6.45) is 6.80. The number of aliphatic hydroxyl groups is 2. The van der Waals surface area contributed by atoms with Crippen molar-refractivity contribution < 1.29 is 29.2 Å². The topological polar surface area (TPSA) is 80.6 Å². The summed E-state index contributed by atoms with van der Waals surface area (Å²) in [7, 11) is 3.37. The summed E-state index contributed by atoms with van der Waals surface area (Å²) in [5, 5.41) is 19.6. The lowest BCUT2D eigenvalue weighted by molar-refractivity contribution is -0.143. The first-order valence-corrected chi connectivity index (χ1v) is 15.8. The molecule has 0 aliphatic carbocycles. The molecule has 1 atom stereocenters. The lowest BCUT2D eigenvalue weighted by Crippen LogP contribution is -2.46. The fraction of sp³-hybridized carbons (Fsp3) is 0.471. The molecule has 8 heteroatoms. The average Bonchev–Trinajstić information content (AvgIpc) is 3.39. The Morgan fingerprint density at radius 1 is 0.857 bits per heavy atom. The van der Waals surface area contributed by atoms with E-state index in [1.54, 1.807) is 14.2 Å². The monoisotopic (exact) mass is 593 g/mol. The zero-order chi connectivity index (χ0) is 29.5. The summed E-state index contributed by atoms with van der Waals surface area (Å²) in [4.78, 5) is 3.79. The molecule has 3 aromatic carbocycles. The second kappa shape index (κ2) is 14.0. The highest BCUT2D eigenvalue weighted by Crippen LogP contribution is 2.43. The Bertz CT molecular complexity index is 1330. The third-order valence-corrected chi connectivity index (χ3v) is 9.54. The van der Waals surface area contributed by atoms with Crippen LogP contribution in [0.1, 0.15) is 59.6 Å². The molecule has 2 aliphatic heterocycles. The molecule has 0 radical (unpaired) electrons. The van der Waals surface area contributed by atoms with Crippen LogP contribution < -0.4 is 18.9 Å². The van der Waals surface area contributed by atoms with Crippen molar-refractivity contribution in [3.05, 3.63) is 76.9 Å². The molecule has 0 bridgehead atoms. The van der Waals surface area contributed by atoms with E-state index in [2.05, 4.69) is 48.2 Å². The molecule has 42 heavy (non-hydrogen) atoms. The van der Waals surface area contributed by atoms with Gasteiger partial charge in [0.25, 0.3) is 5.79 Å². The van der Waals surface area contributed by atoms with E-state index in [1.807, 2.05) is 30.0 Å². The van der Waals surface area contributed by atoms with E-state index in [4.69, 9.17) is 18.9 Å². The molecule has 5 rings (SSSR count). The molecule has 2 heterocycles. The number of thioether (sulfide) groups is 1. The Balaban J connectivity index is 1.11. The second-order valence-corrected chi connectivity index (χ2v) is 12.5. The highest BCUT2D eigenvalue weighted by molar-refractivity contribution is 7.99. The van der Waals surface area contributed by atoms with Crippen LogP contribution in [0.4, 0.5) is 0 Å². The van der Waals surface area contributed by atoms with Crippen LogP contribution in [0, 0.1) is 6.92 Å². The number of hydrogen-bond donors (Lipinski definition) is 2. The summed E-state index contributed by atoms with van der Waals surface area (Å²) in [6.45, 7) is 4.31. The quantitative estimate of drug-likeness (QED) is 0.166. The van der Waals surface area contributed by atoms with E-state index in [-0.39, 0.29) is 0 Å². The van der Waals surface area contributed by atoms with E-state index in [0.717, 1.165) is 44.0 Å². The second-order valence-electron chi connectivity index (χ2n) is 11.3. The molecule has 2 N–H and O–H groups in total. The first kappa shape index (κ1) is 30.5. The van der Waals surface area contributed by atoms with Gasteiger partial charge in [-0.05, 0) is 85.8 Å². The molecule has 0 amide bonds. The molecular formula is C34H43NO6S. The SMILES string of the molecule is COc1ccc(C(CCCCCCN2CCc3cc4c(cc3C2)OC(CO)(CO)O4)Sc2ccc(C)cc2)cc1OC. The Morgan fingerprint density at radius 2 is 1.55 bits per heavy atom. The van der Waals surface area contributed by atoms with Crippen molar-refractivity contribution in [3.63, 3.8) is 0 Å². The first-order chi connectivity index (χ1) is 20.5.